The van der Waals surface area contributed by atoms with E-state index in [9.17, 15) is 27.5 Å². The SMILES string of the molecule is CC(C)(C)OC(=O)N1C[C@H](NS(C)(=O)=O)C[C@@]1(Cc1cccc(-c2ncc(F)cn2)c1)C(=O)O. The Bertz CT molecular complexity index is 1180. The number of carboxylic acid groups (broad SMARTS) is 1. The molecular formula is C22H27FN4O6S. The predicted molar refractivity (Wildman–Crippen MR) is 121 cm³/mol. The number of benzene rings is 1. The number of aromatic nitrogens is 2. The Morgan fingerprint density at radius 2 is 1.94 bits per heavy atom. The highest BCUT2D eigenvalue weighted by Gasteiger charge is 2.55. The van der Waals surface area contributed by atoms with E-state index in [-0.39, 0.29) is 25.2 Å². The quantitative estimate of drug-likeness (QED) is 0.623. The molecule has 1 aliphatic heterocycles. The normalized spacial score (nSPS) is 20.9. The van der Waals surface area contributed by atoms with Crippen LogP contribution in [0, 0.1) is 5.82 Å². The second-order valence-electron chi connectivity index (χ2n) is 9.32. The van der Waals surface area contributed by atoms with Crippen LogP contribution in [0.15, 0.2) is 36.7 Å². The van der Waals surface area contributed by atoms with Crippen LogP contribution in [0.1, 0.15) is 32.8 Å². The third-order valence-electron chi connectivity index (χ3n) is 5.20. The molecule has 12 heteroatoms. The molecule has 3 rings (SSSR count). The zero-order valence-electron chi connectivity index (χ0n) is 19.3. The van der Waals surface area contributed by atoms with Crippen LogP contribution in [0.5, 0.6) is 0 Å². The molecule has 2 heterocycles. The summed E-state index contributed by atoms with van der Waals surface area (Å²) in [6, 6.07) is 5.89. The largest absolute Gasteiger partial charge is 0.479 e. The molecule has 1 aliphatic rings. The van der Waals surface area contributed by atoms with Crippen molar-refractivity contribution in [2.75, 3.05) is 12.8 Å². The van der Waals surface area contributed by atoms with E-state index in [1.54, 1.807) is 45.0 Å². The molecule has 1 amide bonds. The lowest BCUT2D eigenvalue weighted by Gasteiger charge is -2.35. The zero-order valence-corrected chi connectivity index (χ0v) is 20.1. The van der Waals surface area contributed by atoms with E-state index in [1.807, 2.05) is 0 Å². The minimum atomic E-state index is -3.66. The van der Waals surface area contributed by atoms with E-state index < -0.39 is 45.1 Å². The first-order valence-electron chi connectivity index (χ1n) is 10.5. The lowest BCUT2D eigenvalue weighted by atomic mass is 9.87. The number of carbonyl (C=O) groups excluding carboxylic acids is 1. The van der Waals surface area contributed by atoms with Crippen LogP contribution in [0.25, 0.3) is 11.4 Å². The zero-order chi connectivity index (χ0) is 25.3. The number of likely N-dealkylation sites (tertiary alicyclic amines) is 1. The molecule has 1 saturated heterocycles. The number of rotatable bonds is 6. The molecule has 2 N–H and O–H groups in total. The van der Waals surface area contributed by atoms with Crippen molar-refractivity contribution in [3.63, 3.8) is 0 Å². The van der Waals surface area contributed by atoms with Gasteiger partial charge in [0.1, 0.15) is 11.1 Å². The average Bonchev–Trinajstić information content (AvgIpc) is 3.05. The van der Waals surface area contributed by atoms with Crippen LogP contribution in [-0.2, 0) is 26.0 Å². The molecule has 0 unspecified atom stereocenters. The number of ether oxygens (including phenoxy) is 1. The number of hydrogen-bond acceptors (Lipinski definition) is 7. The van der Waals surface area contributed by atoms with Crippen LogP contribution in [-0.4, -0.2) is 70.4 Å². The van der Waals surface area contributed by atoms with Gasteiger partial charge in [0.05, 0.1) is 18.6 Å². The number of sulfonamides is 1. The summed E-state index contributed by atoms with van der Waals surface area (Å²) in [5, 5.41) is 10.3. The highest BCUT2D eigenvalue weighted by atomic mass is 32.2. The van der Waals surface area contributed by atoms with Crippen LogP contribution in [0.2, 0.25) is 0 Å². The monoisotopic (exact) mass is 494 g/mol. The Morgan fingerprint density at radius 1 is 1.29 bits per heavy atom. The Balaban J connectivity index is 2.00. The van der Waals surface area contributed by atoms with E-state index in [4.69, 9.17) is 4.74 Å². The Morgan fingerprint density at radius 3 is 2.50 bits per heavy atom. The standard InChI is InChI=1S/C22H27FN4O6S/c1-21(2,3)33-20(30)27-13-17(26-34(4,31)32)10-22(27,19(28)29)9-14-6-5-7-15(8-14)18-24-11-16(23)12-25-18/h5-8,11-12,17,26H,9-10,13H2,1-4H3,(H,28,29)/t17-,22+/m1/s1. The van der Waals surface area contributed by atoms with E-state index in [1.165, 1.54) is 0 Å². The first-order valence-corrected chi connectivity index (χ1v) is 12.4. The third-order valence-corrected chi connectivity index (χ3v) is 5.96. The molecule has 34 heavy (non-hydrogen) atoms. The number of carbonyl (C=O) groups is 2. The fourth-order valence-electron chi connectivity index (χ4n) is 3.99. The number of amides is 1. The van der Waals surface area contributed by atoms with E-state index >= 15 is 0 Å². The van der Waals surface area contributed by atoms with Crippen molar-refractivity contribution in [3.05, 3.63) is 48.0 Å². The smallest absolute Gasteiger partial charge is 0.411 e. The Labute approximate surface area is 197 Å². The van der Waals surface area contributed by atoms with E-state index in [2.05, 4.69) is 14.7 Å². The van der Waals surface area contributed by atoms with Gasteiger partial charge in [0.15, 0.2) is 11.6 Å². The summed E-state index contributed by atoms with van der Waals surface area (Å²) in [6.45, 7) is 4.79. The van der Waals surface area contributed by atoms with Gasteiger partial charge in [0, 0.05) is 24.6 Å². The molecule has 1 fully saturated rings. The van der Waals surface area contributed by atoms with Crippen molar-refractivity contribution >= 4 is 22.1 Å². The Kier molecular flexibility index (Phi) is 6.94. The molecule has 10 nitrogen and oxygen atoms in total. The molecule has 184 valence electrons. The average molecular weight is 495 g/mol. The highest BCUT2D eigenvalue weighted by Crippen LogP contribution is 2.36. The second-order valence-corrected chi connectivity index (χ2v) is 11.1. The summed E-state index contributed by atoms with van der Waals surface area (Å²) in [5.74, 6) is -1.63. The van der Waals surface area contributed by atoms with Crippen LogP contribution >= 0.6 is 0 Å². The summed E-state index contributed by atoms with van der Waals surface area (Å²) < 4.78 is 44.7. The first-order chi connectivity index (χ1) is 15.7. The summed E-state index contributed by atoms with van der Waals surface area (Å²) in [5.41, 5.74) is -1.58. The van der Waals surface area contributed by atoms with E-state index in [0.29, 0.717) is 11.1 Å². The fourth-order valence-corrected chi connectivity index (χ4v) is 4.75. The molecule has 2 aromatic rings. The summed E-state index contributed by atoms with van der Waals surface area (Å²) in [4.78, 5) is 34.6. The number of hydrogen-bond donors (Lipinski definition) is 2. The molecular weight excluding hydrogens is 467 g/mol. The molecule has 0 spiro atoms. The second kappa shape index (κ2) is 9.26. The van der Waals surface area contributed by atoms with Crippen molar-refractivity contribution in [3.8, 4) is 11.4 Å². The molecule has 2 atom stereocenters. The topological polar surface area (TPSA) is 139 Å². The Hall–Kier alpha value is -3.12. The minimum absolute atomic E-state index is 0.126. The summed E-state index contributed by atoms with van der Waals surface area (Å²) in [6.07, 6.45) is 1.88. The number of aliphatic carboxylic acids is 1. The van der Waals surface area contributed by atoms with Crippen molar-refractivity contribution < 1.29 is 32.2 Å². The third kappa shape index (κ3) is 6.06. The van der Waals surface area contributed by atoms with Gasteiger partial charge in [-0.3, -0.25) is 4.90 Å². The van der Waals surface area contributed by atoms with Crippen LogP contribution in [0.4, 0.5) is 9.18 Å². The molecule has 1 aromatic heterocycles. The minimum Gasteiger partial charge on any atom is -0.479 e. The number of carboxylic acids is 1. The van der Waals surface area contributed by atoms with Gasteiger partial charge in [-0.2, -0.15) is 0 Å². The molecule has 1 aromatic carbocycles. The molecule has 0 bridgehead atoms. The van der Waals surface area contributed by atoms with E-state index in [0.717, 1.165) is 23.5 Å². The van der Waals surface area contributed by atoms with Gasteiger partial charge in [-0.1, -0.05) is 18.2 Å². The van der Waals surface area contributed by atoms with Crippen molar-refractivity contribution in [1.29, 1.82) is 0 Å². The maximum Gasteiger partial charge on any atom is 0.411 e. The first kappa shape index (κ1) is 25.5. The number of nitrogens with one attached hydrogen (secondary N) is 1. The molecule has 0 radical (unpaired) electrons. The van der Waals surface area contributed by atoms with Crippen molar-refractivity contribution in [2.45, 2.75) is 50.8 Å². The van der Waals surface area contributed by atoms with Gasteiger partial charge >= 0.3 is 12.1 Å². The van der Waals surface area contributed by atoms with Gasteiger partial charge in [-0.25, -0.2) is 37.1 Å². The summed E-state index contributed by atoms with van der Waals surface area (Å²) in [7, 11) is -3.66. The highest BCUT2D eigenvalue weighted by molar-refractivity contribution is 7.88. The fraction of sp³-hybridized carbons (Fsp3) is 0.455. The van der Waals surface area contributed by atoms with Crippen LogP contribution < -0.4 is 4.72 Å². The van der Waals surface area contributed by atoms with Crippen molar-refractivity contribution in [2.24, 2.45) is 0 Å². The van der Waals surface area contributed by atoms with Gasteiger partial charge in [-0.15, -0.1) is 0 Å². The van der Waals surface area contributed by atoms with Gasteiger partial charge in [0.25, 0.3) is 0 Å². The molecule has 0 saturated carbocycles. The maximum atomic E-state index is 13.2. The number of nitrogens with zero attached hydrogens (tertiary/aromatic N) is 3. The lowest BCUT2D eigenvalue weighted by Crippen LogP contribution is -2.55. The van der Waals surface area contributed by atoms with Gasteiger partial charge < -0.3 is 9.84 Å². The molecule has 0 aliphatic carbocycles. The lowest BCUT2D eigenvalue weighted by molar-refractivity contribution is -0.149. The van der Waals surface area contributed by atoms with Gasteiger partial charge in [0.2, 0.25) is 10.0 Å². The number of halogens is 1. The maximum absolute atomic E-state index is 13.2. The van der Waals surface area contributed by atoms with Crippen LogP contribution in [0.3, 0.4) is 0 Å². The van der Waals surface area contributed by atoms with Crippen molar-refractivity contribution in [1.82, 2.24) is 19.6 Å². The predicted octanol–water partition coefficient (Wildman–Crippen LogP) is 2.21. The summed E-state index contributed by atoms with van der Waals surface area (Å²) >= 11 is 0. The van der Waals surface area contributed by atoms with Gasteiger partial charge in [-0.05, 0) is 38.8 Å².